The zero-order chi connectivity index (χ0) is 15.3. The smallest absolute Gasteiger partial charge is 0.0397 e. The summed E-state index contributed by atoms with van der Waals surface area (Å²) >= 11 is 0. The minimum absolute atomic E-state index is 0.204. The first-order chi connectivity index (χ1) is 10.1. The van der Waals surface area contributed by atoms with Gasteiger partial charge in [0.2, 0.25) is 0 Å². The lowest BCUT2D eigenvalue weighted by Gasteiger charge is -2.49. The summed E-state index contributed by atoms with van der Waals surface area (Å²) in [5.74, 6) is 6.80. The lowest BCUT2D eigenvalue weighted by Crippen LogP contribution is -2.62. The van der Waals surface area contributed by atoms with Crippen LogP contribution in [-0.2, 0) is 6.42 Å². The molecule has 3 nitrogen and oxygen atoms in total. The summed E-state index contributed by atoms with van der Waals surface area (Å²) in [6.45, 7) is 2.37. The van der Waals surface area contributed by atoms with Gasteiger partial charge >= 0.3 is 0 Å². The number of rotatable bonds is 6. The Hall–Kier alpha value is -0.900. The topological polar surface area (TPSA) is 41.3 Å². The number of hydrogen-bond donors (Lipinski definition) is 2. The molecule has 0 saturated heterocycles. The molecule has 1 unspecified atom stereocenters. The van der Waals surface area contributed by atoms with E-state index in [0.29, 0.717) is 6.04 Å². The molecule has 2 rings (SSSR count). The van der Waals surface area contributed by atoms with Crippen molar-refractivity contribution in [3.05, 3.63) is 35.9 Å². The van der Waals surface area contributed by atoms with E-state index in [-0.39, 0.29) is 5.54 Å². The van der Waals surface area contributed by atoms with E-state index in [1.165, 1.54) is 31.2 Å². The lowest BCUT2D eigenvalue weighted by atomic mass is 9.71. The van der Waals surface area contributed by atoms with Crippen molar-refractivity contribution < 1.29 is 0 Å². The maximum absolute atomic E-state index is 5.95. The van der Waals surface area contributed by atoms with E-state index >= 15 is 0 Å². The molecule has 1 aliphatic carbocycles. The van der Waals surface area contributed by atoms with E-state index in [1.54, 1.807) is 0 Å². The predicted molar refractivity (Wildman–Crippen MR) is 89.9 cm³/mol. The SMILES string of the molecule is CC1CCC(C(CCc2ccccc2)NN)(N(C)C)CC1. The van der Waals surface area contributed by atoms with Crippen LogP contribution in [0, 0.1) is 5.92 Å². The summed E-state index contributed by atoms with van der Waals surface area (Å²) in [6, 6.07) is 11.1. The summed E-state index contributed by atoms with van der Waals surface area (Å²) in [5, 5.41) is 0. The number of nitrogens with one attached hydrogen (secondary N) is 1. The van der Waals surface area contributed by atoms with Gasteiger partial charge in [0.1, 0.15) is 0 Å². The number of nitrogens with zero attached hydrogens (tertiary/aromatic N) is 1. The minimum atomic E-state index is 0.204. The standard InChI is InChI=1S/C18H31N3/c1-15-11-13-18(14-12-15,21(2)3)17(20-19)10-9-16-7-5-4-6-8-16/h4-8,15,17,20H,9-14,19H2,1-3H3. The van der Waals surface area contributed by atoms with Gasteiger partial charge in [-0.1, -0.05) is 37.3 Å². The number of aryl methyl sites for hydroxylation is 1. The number of nitrogens with two attached hydrogens (primary N) is 1. The molecule has 0 amide bonds. The summed E-state index contributed by atoms with van der Waals surface area (Å²) in [6.07, 6.45) is 7.27. The van der Waals surface area contributed by atoms with Crippen LogP contribution >= 0.6 is 0 Å². The van der Waals surface area contributed by atoms with Gasteiger partial charge in [-0.15, -0.1) is 0 Å². The van der Waals surface area contributed by atoms with Crippen LogP contribution in [0.25, 0.3) is 0 Å². The Balaban J connectivity index is 2.06. The quantitative estimate of drug-likeness (QED) is 0.625. The van der Waals surface area contributed by atoms with E-state index in [4.69, 9.17) is 5.84 Å². The molecule has 1 saturated carbocycles. The second kappa shape index (κ2) is 7.39. The average molecular weight is 289 g/mol. The highest BCUT2D eigenvalue weighted by molar-refractivity contribution is 5.15. The second-order valence-electron chi connectivity index (χ2n) is 6.92. The Morgan fingerprint density at radius 3 is 2.38 bits per heavy atom. The van der Waals surface area contributed by atoms with Gasteiger partial charge in [-0.3, -0.25) is 11.3 Å². The van der Waals surface area contributed by atoms with E-state index in [2.05, 4.69) is 61.7 Å². The number of hydrazine groups is 1. The molecule has 118 valence electrons. The molecule has 21 heavy (non-hydrogen) atoms. The molecule has 1 aliphatic rings. The first-order valence-electron chi connectivity index (χ1n) is 8.26. The summed E-state index contributed by atoms with van der Waals surface area (Å²) in [4.78, 5) is 2.41. The highest BCUT2D eigenvalue weighted by Crippen LogP contribution is 2.38. The van der Waals surface area contributed by atoms with Crippen LogP contribution in [0.3, 0.4) is 0 Å². The number of benzene rings is 1. The zero-order valence-electron chi connectivity index (χ0n) is 13.8. The van der Waals surface area contributed by atoms with Crippen molar-refractivity contribution in [2.45, 2.75) is 57.0 Å². The summed E-state index contributed by atoms with van der Waals surface area (Å²) in [5.41, 5.74) is 4.74. The van der Waals surface area contributed by atoms with Crippen LogP contribution in [0.15, 0.2) is 30.3 Å². The third-order valence-electron chi connectivity index (χ3n) is 5.45. The molecule has 1 aromatic rings. The van der Waals surface area contributed by atoms with Crippen LogP contribution in [0.4, 0.5) is 0 Å². The van der Waals surface area contributed by atoms with Crippen LogP contribution in [0.1, 0.15) is 44.6 Å². The van der Waals surface area contributed by atoms with Crippen molar-refractivity contribution in [2.24, 2.45) is 11.8 Å². The van der Waals surface area contributed by atoms with Gasteiger partial charge in [-0.2, -0.15) is 0 Å². The second-order valence-corrected chi connectivity index (χ2v) is 6.92. The largest absolute Gasteiger partial charge is 0.302 e. The van der Waals surface area contributed by atoms with E-state index < -0.39 is 0 Å². The zero-order valence-corrected chi connectivity index (χ0v) is 13.8. The Morgan fingerprint density at radius 2 is 1.86 bits per heavy atom. The fraction of sp³-hybridized carbons (Fsp3) is 0.667. The van der Waals surface area contributed by atoms with Gasteiger partial charge in [-0.05, 0) is 64.1 Å². The van der Waals surface area contributed by atoms with Crippen LogP contribution in [0.2, 0.25) is 0 Å². The monoisotopic (exact) mass is 289 g/mol. The fourth-order valence-electron chi connectivity index (χ4n) is 3.83. The van der Waals surface area contributed by atoms with Crippen molar-refractivity contribution in [1.29, 1.82) is 0 Å². The van der Waals surface area contributed by atoms with Gasteiger partial charge in [0, 0.05) is 11.6 Å². The molecule has 1 fully saturated rings. The molecule has 0 bridgehead atoms. The third kappa shape index (κ3) is 3.85. The number of hydrogen-bond acceptors (Lipinski definition) is 3. The van der Waals surface area contributed by atoms with Crippen LogP contribution in [-0.4, -0.2) is 30.6 Å². The van der Waals surface area contributed by atoms with E-state index in [1.807, 2.05) is 0 Å². The lowest BCUT2D eigenvalue weighted by molar-refractivity contribution is 0.0404. The highest BCUT2D eigenvalue weighted by Gasteiger charge is 2.42. The molecule has 3 heteroatoms. The molecule has 0 aromatic heterocycles. The van der Waals surface area contributed by atoms with Gasteiger partial charge in [0.15, 0.2) is 0 Å². The predicted octanol–water partition coefficient (Wildman–Crippen LogP) is 2.96. The first kappa shape index (κ1) is 16.5. The van der Waals surface area contributed by atoms with Gasteiger partial charge in [0.05, 0.1) is 0 Å². The molecule has 1 aromatic carbocycles. The fourth-order valence-corrected chi connectivity index (χ4v) is 3.83. The Labute approximate surface area is 129 Å². The first-order valence-corrected chi connectivity index (χ1v) is 8.26. The van der Waals surface area contributed by atoms with Crippen molar-refractivity contribution >= 4 is 0 Å². The Kier molecular flexibility index (Phi) is 5.80. The van der Waals surface area contributed by atoms with Gasteiger partial charge in [-0.25, -0.2) is 0 Å². The maximum atomic E-state index is 5.95. The minimum Gasteiger partial charge on any atom is -0.302 e. The molecule has 1 atom stereocenters. The number of likely N-dealkylation sites (N-methyl/N-ethyl adjacent to an activating group) is 1. The molecule has 0 spiro atoms. The molecule has 0 heterocycles. The third-order valence-corrected chi connectivity index (χ3v) is 5.45. The van der Waals surface area contributed by atoms with Crippen LogP contribution < -0.4 is 11.3 Å². The van der Waals surface area contributed by atoms with Gasteiger partial charge < -0.3 is 4.90 Å². The molecular formula is C18H31N3. The van der Waals surface area contributed by atoms with E-state index in [9.17, 15) is 0 Å². The normalized spacial score (nSPS) is 27.8. The van der Waals surface area contributed by atoms with Crippen molar-refractivity contribution in [2.75, 3.05) is 14.1 Å². The highest BCUT2D eigenvalue weighted by atomic mass is 15.3. The summed E-state index contributed by atoms with van der Waals surface area (Å²) < 4.78 is 0. The molecule has 0 aliphatic heterocycles. The molecule has 3 N–H and O–H groups in total. The van der Waals surface area contributed by atoms with Crippen LogP contribution in [0.5, 0.6) is 0 Å². The van der Waals surface area contributed by atoms with Gasteiger partial charge in [0.25, 0.3) is 0 Å². The maximum Gasteiger partial charge on any atom is 0.0397 e. The Bertz CT molecular complexity index is 408. The molecule has 0 radical (unpaired) electrons. The average Bonchev–Trinajstić information content (AvgIpc) is 2.50. The Morgan fingerprint density at radius 1 is 1.24 bits per heavy atom. The van der Waals surface area contributed by atoms with Crippen molar-refractivity contribution in [3.8, 4) is 0 Å². The van der Waals surface area contributed by atoms with Crippen molar-refractivity contribution in [3.63, 3.8) is 0 Å². The van der Waals surface area contributed by atoms with Crippen molar-refractivity contribution in [1.82, 2.24) is 10.3 Å². The van der Waals surface area contributed by atoms with E-state index in [0.717, 1.165) is 18.8 Å². The summed E-state index contributed by atoms with van der Waals surface area (Å²) in [7, 11) is 4.42. The molecular weight excluding hydrogens is 258 g/mol.